The van der Waals surface area contributed by atoms with E-state index < -0.39 is 0 Å². The lowest BCUT2D eigenvalue weighted by Gasteiger charge is -2.41. The third-order valence-corrected chi connectivity index (χ3v) is 4.62. The molecule has 0 radical (unpaired) electrons. The predicted molar refractivity (Wildman–Crippen MR) is 97.7 cm³/mol. The van der Waals surface area contributed by atoms with Crippen LogP contribution in [0.3, 0.4) is 0 Å². The number of carbonyl (C=O) groups excluding carboxylic acids is 2. The van der Waals surface area contributed by atoms with Gasteiger partial charge in [-0.15, -0.1) is 0 Å². The van der Waals surface area contributed by atoms with Gasteiger partial charge in [-0.05, 0) is 41.1 Å². The molecule has 0 unspecified atom stereocenters. The van der Waals surface area contributed by atoms with Crippen LogP contribution < -0.4 is 4.74 Å². The third kappa shape index (κ3) is 3.50. The number of carbonyl (C=O) groups is 2. The van der Waals surface area contributed by atoms with Crippen molar-refractivity contribution in [3.05, 3.63) is 54.6 Å². The van der Waals surface area contributed by atoms with E-state index in [1.165, 1.54) is 6.08 Å². The summed E-state index contributed by atoms with van der Waals surface area (Å²) in [6, 6.07) is 11.5. The van der Waals surface area contributed by atoms with Gasteiger partial charge in [-0.1, -0.05) is 18.7 Å². The highest BCUT2D eigenvalue weighted by Gasteiger charge is 2.32. The Bertz CT molecular complexity index is 825. The van der Waals surface area contributed by atoms with Crippen molar-refractivity contribution in [3.8, 4) is 5.75 Å². The van der Waals surface area contributed by atoms with Crippen LogP contribution >= 0.6 is 0 Å². The number of ether oxygens (including phenoxy) is 1. The van der Waals surface area contributed by atoms with Gasteiger partial charge in [-0.25, -0.2) is 0 Å². The van der Waals surface area contributed by atoms with E-state index >= 15 is 0 Å². The summed E-state index contributed by atoms with van der Waals surface area (Å²) in [5.41, 5.74) is 0.687. The van der Waals surface area contributed by atoms with Crippen LogP contribution in [0.4, 0.5) is 0 Å². The Morgan fingerprint density at radius 2 is 1.92 bits per heavy atom. The minimum absolute atomic E-state index is 0.0340. The molecule has 1 aliphatic heterocycles. The minimum Gasteiger partial charge on any atom is -0.497 e. The Hall–Kier alpha value is -2.82. The molecule has 5 heteroatoms. The summed E-state index contributed by atoms with van der Waals surface area (Å²) in [6.45, 7) is 5.48. The topological polar surface area (TPSA) is 49.9 Å². The minimum atomic E-state index is -0.0882. The molecule has 0 N–H and O–H groups in total. The average Bonchev–Trinajstić information content (AvgIpc) is 2.61. The van der Waals surface area contributed by atoms with Crippen molar-refractivity contribution in [2.45, 2.75) is 0 Å². The van der Waals surface area contributed by atoms with Crippen molar-refractivity contribution in [2.75, 3.05) is 33.8 Å². The second kappa shape index (κ2) is 6.97. The van der Waals surface area contributed by atoms with Crippen LogP contribution in [0.5, 0.6) is 5.75 Å². The van der Waals surface area contributed by atoms with E-state index in [0.717, 1.165) is 16.5 Å². The van der Waals surface area contributed by atoms with Crippen LogP contribution in [0.2, 0.25) is 0 Å². The molecule has 0 aliphatic carbocycles. The molecule has 5 nitrogen and oxygen atoms in total. The summed E-state index contributed by atoms with van der Waals surface area (Å²) in [6.07, 6.45) is 1.31. The summed E-state index contributed by atoms with van der Waals surface area (Å²) in [7, 11) is 3.39. The second-order valence-corrected chi connectivity index (χ2v) is 6.43. The molecular weight excluding hydrogens is 316 g/mol. The van der Waals surface area contributed by atoms with Crippen molar-refractivity contribution in [1.29, 1.82) is 0 Å². The molecule has 1 fully saturated rings. The van der Waals surface area contributed by atoms with Crippen molar-refractivity contribution in [3.63, 3.8) is 0 Å². The molecule has 1 saturated heterocycles. The van der Waals surface area contributed by atoms with Gasteiger partial charge < -0.3 is 14.5 Å². The van der Waals surface area contributed by atoms with Gasteiger partial charge in [0.2, 0.25) is 5.91 Å². The summed E-state index contributed by atoms with van der Waals surface area (Å²) >= 11 is 0. The van der Waals surface area contributed by atoms with Crippen LogP contribution in [0.1, 0.15) is 10.4 Å². The number of likely N-dealkylation sites (tertiary alicyclic amines) is 1. The maximum atomic E-state index is 12.6. The van der Waals surface area contributed by atoms with E-state index in [4.69, 9.17) is 4.74 Å². The first-order valence-corrected chi connectivity index (χ1v) is 8.26. The molecule has 0 spiro atoms. The monoisotopic (exact) mass is 338 g/mol. The van der Waals surface area contributed by atoms with Gasteiger partial charge in [0.1, 0.15) is 5.75 Å². The highest BCUT2D eigenvalue weighted by Crippen LogP contribution is 2.24. The average molecular weight is 338 g/mol. The molecule has 2 aromatic rings. The molecule has 1 heterocycles. The first-order chi connectivity index (χ1) is 12.0. The zero-order valence-electron chi connectivity index (χ0n) is 14.6. The van der Waals surface area contributed by atoms with E-state index in [-0.39, 0.29) is 11.8 Å². The lowest BCUT2D eigenvalue weighted by molar-refractivity contribution is -0.125. The number of benzene rings is 2. The van der Waals surface area contributed by atoms with Crippen molar-refractivity contribution in [1.82, 2.24) is 9.80 Å². The number of likely N-dealkylation sites (N-methyl/N-ethyl adjacent to an activating group) is 1. The molecule has 2 aromatic carbocycles. The molecule has 25 heavy (non-hydrogen) atoms. The molecule has 3 rings (SSSR count). The summed E-state index contributed by atoms with van der Waals surface area (Å²) in [5, 5.41) is 2.06. The summed E-state index contributed by atoms with van der Waals surface area (Å²) < 4.78 is 5.22. The smallest absolute Gasteiger partial charge is 0.253 e. The summed E-state index contributed by atoms with van der Waals surface area (Å²) in [4.78, 5) is 27.6. The van der Waals surface area contributed by atoms with Gasteiger partial charge in [0.15, 0.2) is 0 Å². The maximum absolute atomic E-state index is 12.6. The molecule has 2 amide bonds. The van der Waals surface area contributed by atoms with E-state index in [1.807, 2.05) is 41.3 Å². The van der Waals surface area contributed by atoms with Gasteiger partial charge >= 0.3 is 0 Å². The largest absolute Gasteiger partial charge is 0.497 e. The van der Waals surface area contributed by atoms with E-state index in [9.17, 15) is 9.59 Å². The fraction of sp³-hybridized carbons (Fsp3) is 0.300. The quantitative estimate of drug-likeness (QED) is 0.787. The van der Waals surface area contributed by atoms with Gasteiger partial charge in [0, 0.05) is 38.2 Å². The van der Waals surface area contributed by atoms with Crippen LogP contribution in [0.25, 0.3) is 10.8 Å². The van der Waals surface area contributed by atoms with Gasteiger partial charge in [0.05, 0.1) is 7.11 Å². The Kier molecular flexibility index (Phi) is 4.74. The van der Waals surface area contributed by atoms with E-state index in [0.29, 0.717) is 31.1 Å². The lowest BCUT2D eigenvalue weighted by Crippen LogP contribution is -2.53. The molecular formula is C20H22N2O3. The first-order valence-electron chi connectivity index (χ1n) is 8.26. The Morgan fingerprint density at radius 3 is 2.60 bits per heavy atom. The fourth-order valence-corrected chi connectivity index (χ4v) is 3.15. The molecule has 1 aliphatic rings. The number of nitrogens with zero attached hydrogens (tertiary/aromatic N) is 2. The normalized spacial score (nSPS) is 14.1. The zero-order valence-corrected chi connectivity index (χ0v) is 14.6. The maximum Gasteiger partial charge on any atom is 0.253 e. The van der Waals surface area contributed by atoms with Gasteiger partial charge in [-0.3, -0.25) is 9.59 Å². The molecule has 130 valence electrons. The van der Waals surface area contributed by atoms with Crippen molar-refractivity contribution >= 4 is 22.6 Å². The molecule has 0 bridgehead atoms. The number of hydrogen-bond donors (Lipinski definition) is 0. The number of methoxy groups -OCH3 is 1. The molecule has 0 atom stereocenters. The highest BCUT2D eigenvalue weighted by atomic mass is 16.5. The number of amides is 2. The van der Waals surface area contributed by atoms with Crippen LogP contribution in [-0.2, 0) is 4.79 Å². The number of fused-ring (bicyclic) bond motifs is 1. The van der Waals surface area contributed by atoms with Crippen LogP contribution in [-0.4, -0.2) is 55.4 Å². The standard InChI is InChI=1S/C20H22N2O3/c1-4-19(23)21(2)11-14-12-22(13-14)20(24)17-6-5-16-10-18(25-3)8-7-15(16)9-17/h4-10,14H,1,11-13H2,2-3H3. The SMILES string of the molecule is C=CC(=O)N(C)CC1CN(C(=O)c2ccc3cc(OC)ccc3c2)C1. The zero-order chi connectivity index (χ0) is 18.0. The van der Waals surface area contributed by atoms with Crippen molar-refractivity contribution in [2.24, 2.45) is 5.92 Å². The molecule has 0 aromatic heterocycles. The predicted octanol–water partition coefficient (Wildman–Crippen LogP) is 2.56. The van der Waals surface area contributed by atoms with E-state index in [2.05, 4.69) is 6.58 Å². The number of hydrogen-bond acceptors (Lipinski definition) is 3. The lowest BCUT2D eigenvalue weighted by atomic mass is 9.97. The van der Waals surface area contributed by atoms with Gasteiger partial charge in [0.25, 0.3) is 5.91 Å². The highest BCUT2D eigenvalue weighted by molar-refractivity contribution is 5.99. The fourth-order valence-electron chi connectivity index (χ4n) is 3.15. The van der Waals surface area contributed by atoms with Crippen LogP contribution in [0.15, 0.2) is 49.1 Å². The van der Waals surface area contributed by atoms with Crippen LogP contribution in [0, 0.1) is 5.92 Å². The second-order valence-electron chi connectivity index (χ2n) is 6.43. The Balaban J connectivity index is 1.63. The first kappa shape index (κ1) is 17.0. The third-order valence-electron chi connectivity index (χ3n) is 4.62. The molecule has 0 saturated carbocycles. The van der Waals surface area contributed by atoms with Crippen molar-refractivity contribution < 1.29 is 14.3 Å². The summed E-state index contributed by atoms with van der Waals surface area (Å²) in [5.74, 6) is 1.07. The van der Waals surface area contributed by atoms with E-state index in [1.54, 1.807) is 19.1 Å². The van der Waals surface area contributed by atoms with Gasteiger partial charge in [-0.2, -0.15) is 0 Å². The number of rotatable bonds is 5. The Morgan fingerprint density at radius 1 is 1.24 bits per heavy atom. The Labute approximate surface area is 147 Å².